The first-order valence-electron chi connectivity index (χ1n) is 7.75. The van der Waals surface area contributed by atoms with Crippen LogP contribution in [0.2, 0.25) is 0 Å². The van der Waals surface area contributed by atoms with Gasteiger partial charge in [0.2, 0.25) is 0 Å². The Morgan fingerprint density at radius 2 is 2.00 bits per heavy atom. The lowest BCUT2D eigenvalue weighted by Crippen LogP contribution is -2.47. The van der Waals surface area contributed by atoms with Gasteiger partial charge in [0.1, 0.15) is 5.75 Å². The molecule has 0 fully saturated rings. The minimum atomic E-state index is -0.697. The van der Waals surface area contributed by atoms with Gasteiger partial charge in [-0.05, 0) is 47.9 Å². The number of ether oxygens (including phenoxy) is 1. The molecule has 6 heteroatoms. The smallest absolute Gasteiger partial charge is 0.267 e. The molecule has 0 unspecified atom stereocenters. The number of fused-ring (bicyclic) bond motifs is 1. The van der Waals surface area contributed by atoms with E-state index in [4.69, 9.17) is 10.5 Å². The highest BCUT2D eigenvalue weighted by Gasteiger charge is 2.29. The molecule has 1 aliphatic heterocycles. The molecule has 1 heterocycles. The van der Waals surface area contributed by atoms with Crippen molar-refractivity contribution in [2.24, 2.45) is 5.73 Å². The maximum absolute atomic E-state index is 11.7. The molecular weight excluding hydrogens is 306 g/mol. The average Bonchev–Trinajstić information content (AvgIpc) is 2.59. The van der Waals surface area contributed by atoms with E-state index in [0.29, 0.717) is 23.7 Å². The van der Waals surface area contributed by atoms with Gasteiger partial charge in [-0.3, -0.25) is 10.0 Å². The topological polar surface area (TPSA) is 79.0 Å². The summed E-state index contributed by atoms with van der Waals surface area (Å²) < 4.78 is 5.17. The molecule has 3 N–H and O–H groups in total. The molecular formula is C18H21N3O3. The van der Waals surface area contributed by atoms with Gasteiger partial charge in [-0.1, -0.05) is 12.1 Å². The molecule has 0 saturated carbocycles. The van der Waals surface area contributed by atoms with Crippen molar-refractivity contribution in [1.29, 1.82) is 0 Å². The fourth-order valence-electron chi connectivity index (χ4n) is 2.91. The second-order valence-corrected chi connectivity index (χ2v) is 5.98. The third-order valence-electron chi connectivity index (χ3n) is 4.27. The standard InChI is InChI=1S/C18H21N3O3/c1-20(14-4-6-15(24-2)7-5-14)11-12-3-8-17-13(9-12)10-16(19)18(22)21(17)23/h3-9,16,23H,10-11,19H2,1-2H3/t16-/m0/s1. The first kappa shape index (κ1) is 16.3. The zero-order valence-corrected chi connectivity index (χ0v) is 13.8. The molecule has 2 aromatic rings. The van der Waals surface area contributed by atoms with Crippen LogP contribution in [0.15, 0.2) is 42.5 Å². The molecule has 0 bridgehead atoms. The highest BCUT2D eigenvalue weighted by molar-refractivity contribution is 5.98. The number of nitrogens with zero attached hydrogens (tertiary/aromatic N) is 2. The van der Waals surface area contributed by atoms with Gasteiger partial charge < -0.3 is 15.4 Å². The largest absolute Gasteiger partial charge is 0.497 e. The molecule has 2 aromatic carbocycles. The number of anilines is 2. The third-order valence-corrected chi connectivity index (χ3v) is 4.27. The van der Waals surface area contributed by atoms with Crippen molar-refractivity contribution in [1.82, 2.24) is 0 Å². The molecule has 1 atom stereocenters. The number of nitrogens with two attached hydrogens (primary N) is 1. The molecule has 126 valence electrons. The van der Waals surface area contributed by atoms with Gasteiger partial charge in [-0.25, -0.2) is 0 Å². The van der Waals surface area contributed by atoms with Crippen LogP contribution in [0.25, 0.3) is 0 Å². The predicted molar refractivity (Wildman–Crippen MR) is 92.5 cm³/mol. The zero-order chi connectivity index (χ0) is 17.3. The maximum atomic E-state index is 11.7. The number of hydrogen-bond donors (Lipinski definition) is 2. The maximum Gasteiger partial charge on any atom is 0.267 e. The van der Waals surface area contributed by atoms with E-state index in [9.17, 15) is 10.0 Å². The number of hydrogen-bond acceptors (Lipinski definition) is 5. The molecule has 0 saturated heterocycles. The van der Waals surface area contributed by atoms with Crippen LogP contribution in [0.4, 0.5) is 11.4 Å². The molecule has 0 aliphatic carbocycles. The van der Waals surface area contributed by atoms with Crippen molar-refractivity contribution in [2.75, 3.05) is 24.1 Å². The summed E-state index contributed by atoms with van der Waals surface area (Å²) in [4.78, 5) is 13.8. The van der Waals surface area contributed by atoms with Crippen LogP contribution in [0, 0.1) is 0 Å². The van der Waals surface area contributed by atoms with Crippen LogP contribution in [0.3, 0.4) is 0 Å². The second kappa shape index (κ2) is 6.51. The summed E-state index contributed by atoms with van der Waals surface area (Å²) in [6.45, 7) is 0.703. The highest BCUT2D eigenvalue weighted by atomic mass is 16.5. The normalized spacial score (nSPS) is 16.8. The Morgan fingerprint density at radius 1 is 1.29 bits per heavy atom. The van der Waals surface area contributed by atoms with E-state index in [1.165, 1.54) is 0 Å². The lowest BCUT2D eigenvalue weighted by atomic mass is 9.97. The number of hydroxylamine groups is 1. The molecule has 6 nitrogen and oxygen atoms in total. The van der Waals surface area contributed by atoms with Crippen LogP contribution >= 0.6 is 0 Å². The molecule has 0 aromatic heterocycles. The van der Waals surface area contributed by atoms with Crippen molar-refractivity contribution >= 4 is 17.3 Å². The summed E-state index contributed by atoms with van der Waals surface area (Å²) in [7, 11) is 3.65. The SMILES string of the molecule is COc1ccc(N(C)Cc2ccc3c(c2)C[C@H](N)C(=O)N3O)cc1. The number of carbonyl (C=O) groups excluding carboxylic acids is 1. The fourth-order valence-corrected chi connectivity index (χ4v) is 2.91. The Labute approximate surface area is 141 Å². The van der Waals surface area contributed by atoms with Gasteiger partial charge in [0, 0.05) is 19.3 Å². The summed E-state index contributed by atoms with van der Waals surface area (Å²) in [6.07, 6.45) is 0.436. The van der Waals surface area contributed by atoms with E-state index in [0.717, 1.165) is 22.6 Å². The molecule has 24 heavy (non-hydrogen) atoms. The van der Waals surface area contributed by atoms with Crippen LogP contribution < -0.4 is 20.4 Å². The van der Waals surface area contributed by atoms with Crippen LogP contribution in [0.5, 0.6) is 5.75 Å². The van der Waals surface area contributed by atoms with E-state index >= 15 is 0 Å². The summed E-state index contributed by atoms with van der Waals surface area (Å²) in [5, 5.41) is 10.5. The molecule has 0 radical (unpaired) electrons. The summed E-state index contributed by atoms with van der Waals surface area (Å²) in [5.74, 6) is 0.355. The van der Waals surface area contributed by atoms with Crippen LogP contribution in [-0.2, 0) is 17.8 Å². The van der Waals surface area contributed by atoms with Gasteiger partial charge in [-0.2, -0.15) is 5.06 Å². The Bertz CT molecular complexity index is 746. The lowest BCUT2D eigenvalue weighted by Gasteiger charge is -2.28. The lowest BCUT2D eigenvalue weighted by molar-refractivity contribution is -0.125. The molecule has 1 amide bonds. The quantitative estimate of drug-likeness (QED) is 0.839. The van der Waals surface area contributed by atoms with E-state index in [2.05, 4.69) is 4.90 Å². The number of carbonyl (C=O) groups is 1. The van der Waals surface area contributed by atoms with Crippen molar-refractivity contribution < 1.29 is 14.7 Å². The van der Waals surface area contributed by atoms with Crippen molar-refractivity contribution in [3.8, 4) is 5.75 Å². The Morgan fingerprint density at radius 3 is 2.67 bits per heavy atom. The first-order valence-corrected chi connectivity index (χ1v) is 7.75. The van der Waals surface area contributed by atoms with Crippen molar-refractivity contribution in [3.63, 3.8) is 0 Å². The second-order valence-electron chi connectivity index (χ2n) is 5.98. The van der Waals surface area contributed by atoms with E-state index in [-0.39, 0.29) is 0 Å². The van der Waals surface area contributed by atoms with Gasteiger partial charge in [0.15, 0.2) is 0 Å². The average molecular weight is 327 g/mol. The highest BCUT2D eigenvalue weighted by Crippen LogP contribution is 2.28. The van der Waals surface area contributed by atoms with Gasteiger partial charge in [0.05, 0.1) is 18.8 Å². The fraction of sp³-hybridized carbons (Fsp3) is 0.278. The Hall–Kier alpha value is -2.57. The minimum Gasteiger partial charge on any atom is -0.497 e. The molecule has 0 spiro atoms. The van der Waals surface area contributed by atoms with Crippen LogP contribution in [0.1, 0.15) is 11.1 Å². The number of methoxy groups -OCH3 is 1. The Kier molecular flexibility index (Phi) is 4.42. The third kappa shape index (κ3) is 3.06. The van der Waals surface area contributed by atoms with Crippen LogP contribution in [-0.4, -0.2) is 31.3 Å². The number of amides is 1. The van der Waals surface area contributed by atoms with Crippen molar-refractivity contribution in [3.05, 3.63) is 53.6 Å². The number of benzene rings is 2. The molecule has 3 rings (SSSR count). The van der Waals surface area contributed by atoms with E-state index in [1.807, 2.05) is 43.4 Å². The monoisotopic (exact) mass is 327 g/mol. The molecule has 1 aliphatic rings. The van der Waals surface area contributed by atoms with Gasteiger partial charge >= 0.3 is 0 Å². The Balaban J connectivity index is 1.78. The summed E-state index contributed by atoms with van der Waals surface area (Å²) in [6, 6.07) is 12.8. The summed E-state index contributed by atoms with van der Waals surface area (Å²) >= 11 is 0. The van der Waals surface area contributed by atoms with E-state index in [1.54, 1.807) is 13.2 Å². The van der Waals surface area contributed by atoms with Gasteiger partial charge in [0.25, 0.3) is 5.91 Å². The summed E-state index contributed by atoms with van der Waals surface area (Å²) in [5.41, 5.74) is 9.33. The van der Waals surface area contributed by atoms with E-state index < -0.39 is 11.9 Å². The first-order chi connectivity index (χ1) is 11.5. The zero-order valence-electron chi connectivity index (χ0n) is 13.8. The van der Waals surface area contributed by atoms with Crippen molar-refractivity contribution in [2.45, 2.75) is 19.0 Å². The predicted octanol–water partition coefficient (Wildman–Crippen LogP) is 1.94. The number of rotatable bonds is 4. The minimum absolute atomic E-state index is 0.436. The van der Waals surface area contributed by atoms with Gasteiger partial charge in [-0.15, -0.1) is 0 Å².